The molecule has 0 unspecified atom stereocenters. The normalized spacial score (nSPS) is 8.69. The minimum absolute atomic E-state index is 0. The zero-order valence-electron chi connectivity index (χ0n) is 6.86. The first-order chi connectivity index (χ1) is 5.36. The van der Waals surface area contributed by atoms with Crippen LogP contribution in [0.5, 0.6) is 0 Å². The Labute approximate surface area is 133 Å². The van der Waals surface area contributed by atoms with Crippen LogP contribution in [0.25, 0.3) is 10.9 Å². The van der Waals surface area contributed by atoms with Crippen molar-refractivity contribution in [2.45, 2.75) is 4.90 Å². The topological polar surface area (TPSA) is 12.9 Å². The second kappa shape index (κ2) is 6.63. The van der Waals surface area contributed by atoms with Crippen LogP contribution >= 0.6 is 12.6 Å². The molecular formula is C9H5NSY2-2. The van der Waals surface area contributed by atoms with E-state index in [1.807, 2.05) is 12.1 Å². The maximum Gasteiger partial charge on any atom is 0.0165 e. The van der Waals surface area contributed by atoms with Crippen molar-refractivity contribution in [3.63, 3.8) is 0 Å². The zero-order valence-corrected chi connectivity index (χ0v) is 13.4. The van der Waals surface area contributed by atoms with Crippen LogP contribution in [-0.4, -0.2) is 4.98 Å². The molecule has 1 aromatic carbocycles. The number of thiol groups is 1. The fourth-order valence-corrected chi connectivity index (χ4v) is 1.12. The predicted octanol–water partition coefficient (Wildman–Crippen LogP) is 2.12. The number of benzene rings is 1. The SMILES string of the molecule is Sc1cnc2[c-]cc[c-]c2c1.[Y].[Y]. The summed E-state index contributed by atoms with van der Waals surface area (Å²) in [5.74, 6) is 0. The molecule has 2 aromatic rings. The van der Waals surface area contributed by atoms with E-state index in [2.05, 4.69) is 29.7 Å². The van der Waals surface area contributed by atoms with Crippen molar-refractivity contribution in [1.29, 1.82) is 0 Å². The first-order valence-electron chi connectivity index (χ1n) is 3.23. The van der Waals surface area contributed by atoms with Gasteiger partial charge in [-0.1, -0.05) is 0 Å². The van der Waals surface area contributed by atoms with E-state index in [0.717, 1.165) is 15.8 Å². The van der Waals surface area contributed by atoms with E-state index in [1.54, 1.807) is 12.3 Å². The van der Waals surface area contributed by atoms with Gasteiger partial charge in [-0.25, -0.2) is 5.39 Å². The van der Waals surface area contributed by atoms with Crippen molar-refractivity contribution in [3.05, 3.63) is 36.5 Å². The monoisotopic (exact) mass is 337 g/mol. The molecule has 0 N–H and O–H groups in total. The number of fused-ring (bicyclic) bond motifs is 1. The minimum Gasteiger partial charge on any atom is -0.331 e. The van der Waals surface area contributed by atoms with Crippen molar-refractivity contribution in [2.75, 3.05) is 0 Å². The van der Waals surface area contributed by atoms with Crippen molar-refractivity contribution in [2.24, 2.45) is 0 Å². The molecule has 1 nitrogen and oxygen atoms in total. The number of hydrogen-bond acceptors (Lipinski definition) is 2. The van der Waals surface area contributed by atoms with Gasteiger partial charge in [0.1, 0.15) is 0 Å². The third-order valence-corrected chi connectivity index (χ3v) is 1.66. The van der Waals surface area contributed by atoms with Crippen LogP contribution in [0.3, 0.4) is 0 Å². The van der Waals surface area contributed by atoms with Gasteiger partial charge in [-0.3, -0.25) is 24.3 Å². The molecule has 2 radical (unpaired) electrons. The Kier molecular flexibility index (Phi) is 7.24. The van der Waals surface area contributed by atoms with Crippen molar-refractivity contribution < 1.29 is 65.4 Å². The average molecular weight is 337 g/mol. The van der Waals surface area contributed by atoms with Crippen molar-refractivity contribution in [3.8, 4) is 0 Å². The molecule has 0 fully saturated rings. The van der Waals surface area contributed by atoms with Gasteiger partial charge >= 0.3 is 0 Å². The Bertz CT molecular complexity index is 392. The van der Waals surface area contributed by atoms with Crippen LogP contribution in [0.1, 0.15) is 0 Å². The number of nitrogens with zero attached hydrogens (tertiary/aromatic N) is 1. The summed E-state index contributed by atoms with van der Waals surface area (Å²) in [6, 6.07) is 11.6. The molecule has 0 bridgehead atoms. The first kappa shape index (κ1) is 14.2. The molecule has 60 valence electrons. The molecule has 0 spiro atoms. The third-order valence-electron chi connectivity index (χ3n) is 1.42. The van der Waals surface area contributed by atoms with Gasteiger partial charge in [0.15, 0.2) is 0 Å². The van der Waals surface area contributed by atoms with E-state index in [1.165, 1.54) is 0 Å². The third kappa shape index (κ3) is 3.68. The second-order valence-corrected chi connectivity index (χ2v) is 2.73. The smallest absolute Gasteiger partial charge is 0.0165 e. The number of aromatic nitrogens is 1. The first-order valence-corrected chi connectivity index (χ1v) is 3.68. The second-order valence-electron chi connectivity index (χ2n) is 2.21. The Hall–Kier alpha value is 1.19. The Morgan fingerprint density at radius 3 is 2.62 bits per heavy atom. The Balaban J connectivity index is 0.000000720. The van der Waals surface area contributed by atoms with Crippen molar-refractivity contribution in [1.82, 2.24) is 4.98 Å². The van der Waals surface area contributed by atoms with E-state index < -0.39 is 0 Å². The molecule has 0 atom stereocenters. The van der Waals surface area contributed by atoms with Crippen LogP contribution in [0.4, 0.5) is 0 Å². The van der Waals surface area contributed by atoms with E-state index in [0.29, 0.717) is 0 Å². The van der Waals surface area contributed by atoms with Crippen LogP contribution in [-0.2, 0) is 65.4 Å². The molecule has 0 saturated heterocycles. The summed E-state index contributed by atoms with van der Waals surface area (Å²) in [5.41, 5.74) is 0.838. The van der Waals surface area contributed by atoms with Crippen molar-refractivity contribution >= 4 is 23.5 Å². The van der Waals surface area contributed by atoms with Crippen LogP contribution in [0.2, 0.25) is 0 Å². The number of pyridine rings is 1. The molecule has 13 heavy (non-hydrogen) atoms. The summed E-state index contributed by atoms with van der Waals surface area (Å²) in [4.78, 5) is 4.97. The maximum atomic E-state index is 4.16. The number of hydrogen-bond donors (Lipinski definition) is 1. The van der Waals surface area contributed by atoms with E-state index in [9.17, 15) is 0 Å². The zero-order chi connectivity index (χ0) is 7.68. The number of rotatable bonds is 0. The molecule has 1 heterocycles. The standard InChI is InChI=1S/C9H5NS.2Y/c11-8-5-7-3-1-2-4-9(7)10-6-8;;/h1-2,5-6,11H;;/q-2;;. The quantitative estimate of drug-likeness (QED) is 0.574. The van der Waals surface area contributed by atoms with E-state index in [4.69, 9.17) is 0 Å². The van der Waals surface area contributed by atoms with Gasteiger partial charge in [0.25, 0.3) is 0 Å². The average Bonchev–Trinajstić information content (AvgIpc) is 2.04. The summed E-state index contributed by atoms with van der Waals surface area (Å²) in [5, 5.41) is 0.958. The molecule has 1 aromatic heterocycles. The minimum atomic E-state index is 0. The fourth-order valence-electron chi connectivity index (χ4n) is 0.931. The van der Waals surface area contributed by atoms with Gasteiger partial charge in [-0.2, -0.15) is 18.7 Å². The molecule has 0 aliphatic carbocycles. The van der Waals surface area contributed by atoms with Gasteiger partial charge in [0.05, 0.1) is 0 Å². The Morgan fingerprint density at radius 2 is 1.85 bits per heavy atom. The molecule has 0 aliphatic heterocycles. The van der Waals surface area contributed by atoms with Gasteiger partial charge in [0.2, 0.25) is 0 Å². The summed E-state index contributed by atoms with van der Waals surface area (Å²) in [7, 11) is 0. The maximum absolute atomic E-state index is 4.16. The molecule has 0 aliphatic rings. The fraction of sp³-hybridized carbons (Fsp3) is 0. The largest absolute Gasteiger partial charge is 0.331 e. The molecular weight excluding hydrogens is 332 g/mol. The van der Waals surface area contributed by atoms with Crippen LogP contribution < -0.4 is 0 Å². The molecule has 0 amide bonds. The summed E-state index contributed by atoms with van der Waals surface area (Å²) in [6.07, 6.45) is 1.70. The summed E-state index contributed by atoms with van der Waals surface area (Å²) < 4.78 is 0. The summed E-state index contributed by atoms with van der Waals surface area (Å²) in [6.45, 7) is 0. The van der Waals surface area contributed by atoms with E-state index in [-0.39, 0.29) is 65.4 Å². The molecule has 4 heteroatoms. The van der Waals surface area contributed by atoms with Gasteiger partial charge in [-0.15, -0.1) is 5.52 Å². The van der Waals surface area contributed by atoms with Crippen LogP contribution in [0.15, 0.2) is 29.3 Å². The summed E-state index contributed by atoms with van der Waals surface area (Å²) >= 11 is 4.16. The molecule has 2 rings (SSSR count). The van der Waals surface area contributed by atoms with Crippen LogP contribution in [0, 0.1) is 12.1 Å². The van der Waals surface area contributed by atoms with Gasteiger partial charge in [-0.05, 0) is 4.90 Å². The van der Waals surface area contributed by atoms with Gasteiger partial charge in [0, 0.05) is 71.6 Å². The Morgan fingerprint density at radius 1 is 1.15 bits per heavy atom. The van der Waals surface area contributed by atoms with E-state index >= 15 is 0 Å². The predicted molar refractivity (Wildman–Crippen MR) is 46.7 cm³/mol. The van der Waals surface area contributed by atoms with Gasteiger partial charge < -0.3 is 4.98 Å². The molecule has 0 saturated carbocycles.